The van der Waals surface area contributed by atoms with Gasteiger partial charge < -0.3 is 10.4 Å². The van der Waals surface area contributed by atoms with E-state index in [9.17, 15) is 9.59 Å². The average Bonchev–Trinajstić information content (AvgIpc) is 1.97. The second-order valence-electron chi connectivity index (χ2n) is 1.58. The fraction of sp³-hybridized carbons (Fsp3) is 0.400. The summed E-state index contributed by atoms with van der Waals surface area (Å²) in [7, 11) is 0. The van der Waals surface area contributed by atoms with Crippen molar-refractivity contribution in [3.05, 3.63) is 0 Å². The van der Waals surface area contributed by atoms with Gasteiger partial charge in [0.1, 0.15) is 13.1 Å². The predicted molar refractivity (Wildman–Crippen MR) is 40.5 cm³/mol. The zero-order valence-electron chi connectivity index (χ0n) is 5.53. The number of carboxylic acids is 1. The maximum atomic E-state index is 10.6. The molecule has 0 rings (SSSR count). The van der Waals surface area contributed by atoms with Crippen molar-refractivity contribution in [3.63, 3.8) is 0 Å². The molecular weight excluding hydrogens is 168 g/mol. The van der Waals surface area contributed by atoms with Crippen LogP contribution in [0.3, 0.4) is 0 Å². The summed E-state index contributed by atoms with van der Waals surface area (Å²) in [4.78, 5) is 23.8. The summed E-state index contributed by atoms with van der Waals surface area (Å²) in [5.41, 5.74) is 0. The molecule has 0 aliphatic heterocycles. The summed E-state index contributed by atoms with van der Waals surface area (Å²) in [5.74, 6) is -1.57. The molecule has 0 aromatic carbocycles. The van der Waals surface area contributed by atoms with E-state index in [-0.39, 0.29) is 6.54 Å². The molecule has 0 bridgehead atoms. The number of thiocarbonyl (C=S) groups is 1. The largest absolute Gasteiger partial charge is 0.480 e. The number of rotatable bonds is 4. The number of aliphatic carboxylic acids is 1. The molecule has 0 fully saturated rings. The van der Waals surface area contributed by atoms with E-state index >= 15 is 0 Å². The Balaban J connectivity index is 3.53. The third kappa shape index (κ3) is 6.63. The summed E-state index contributed by atoms with van der Waals surface area (Å²) >= 11 is 4.19. The van der Waals surface area contributed by atoms with E-state index in [1.807, 2.05) is 5.16 Å². The number of carboxylic acid groups (broad SMARTS) is 1. The molecule has 0 saturated heterocycles. The van der Waals surface area contributed by atoms with Gasteiger partial charge in [-0.3, -0.25) is 9.59 Å². The molecular formula is C5H6N2O3S. The highest BCUT2D eigenvalue weighted by Gasteiger charge is 2.00. The lowest BCUT2D eigenvalue weighted by atomic mass is 10.5. The first-order chi connectivity index (χ1) is 5.16. The Morgan fingerprint density at radius 1 is 1.64 bits per heavy atom. The van der Waals surface area contributed by atoms with Crippen LogP contribution in [0.5, 0.6) is 0 Å². The Kier molecular flexibility index (Phi) is 4.89. The van der Waals surface area contributed by atoms with Crippen molar-refractivity contribution in [1.29, 1.82) is 0 Å². The SMILES string of the molecule is O=C(O)CNC(=O)CN=C=S. The lowest BCUT2D eigenvalue weighted by Gasteiger charge is -1.95. The van der Waals surface area contributed by atoms with Gasteiger partial charge in [0.2, 0.25) is 5.91 Å². The van der Waals surface area contributed by atoms with Gasteiger partial charge in [-0.25, -0.2) is 4.99 Å². The fourth-order valence-corrected chi connectivity index (χ4v) is 0.399. The van der Waals surface area contributed by atoms with Crippen LogP contribution >= 0.6 is 12.2 Å². The number of hydrogen-bond acceptors (Lipinski definition) is 4. The van der Waals surface area contributed by atoms with Crippen LogP contribution in [0.25, 0.3) is 0 Å². The van der Waals surface area contributed by atoms with Crippen LogP contribution in [0, 0.1) is 0 Å². The molecule has 0 aliphatic carbocycles. The normalized spacial score (nSPS) is 8.00. The molecule has 0 saturated carbocycles. The van der Waals surface area contributed by atoms with Crippen molar-refractivity contribution in [2.45, 2.75) is 0 Å². The van der Waals surface area contributed by atoms with Crippen molar-refractivity contribution in [1.82, 2.24) is 5.32 Å². The van der Waals surface area contributed by atoms with E-state index < -0.39 is 18.4 Å². The number of amides is 1. The van der Waals surface area contributed by atoms with Crippen LogP contribution in [-0.2, 0) is 9.59 Å². The topological polar surface area (TPSA) is 78.8 Å². The number of isothiocyanates is 1. The second-order valence-corrected chi connectivity index (χ2v) is 1.76. The van der Waals surface area contributed by atoms with Gasteiger partial charge in [-0.2, -0.15) is 0 Å². The Morgan fingerprint density at radius 3 is 2.73 bits per heavy atom. The van der Waals surface area contributed by atoms with E-state index in [4.69, 9.17) is 5.11 Å². The Bertz CT molecular complexity index is 210. The number of aliphatic imine (C=N–C) groups is 1. The van der Waals surface area contributed by atoms with Gasteiger partial charge in [0, 0.05) is 0 Å². The molecule has 0 atom stereocenters. The molecule has 11 heavy (non-hydrogen) atoms. The van der Waals surface area contributed by atoms with Crippen molar-refractivity contribution in [2.75, 3.05) is 13.1 Å². The molecule has 1 amide bonds. The van der Waals surface area contributed by atoms with Crippen LogP contribution in [0.4, 0.5) is 0 Å². The molecule has 0 aliphatic rings. The van der Waals surface area contributed by atoms with E-state index in [0.717, 1.165) is 0 Å². The first kappa shape index (κ1) is 9.74. The van der Waals surface area contributed by atoms with Crippen molar-refractivity contribution in [2.24, 2.45) is 4.99 Å². The summed E-state index contributed by atoms with van der Waals surface area (Å²) < 4.78 is 0. The summed E-state index contributed by atoms with van der Waals surface area (Å²) in [6.45, 7) is -0.567. The zero-order valence-corrected chi connectivity index (χ0v) is 6.35. The Hall–Kier alpha value is -1.26. The standard InChI is InChI=1S/C5H6N2O3S/c8-4(1-6-3-11)7-2-5(9)10/h1-2H2,(H,7,8)(H,9,10). The van der Waals surface area contributed by atoms with Crippen molar-refractivity contribution < 1.29 is 14.7 Å². The maximum Gasteiger partial charge on any atom is 0.322 e. The molecule has 0 heterocycles. The van der Waals surface area contributed by atoms with Crippen LogP contribution in [0.15, 0.2) is 4.99 Å². The highest BCUT2D eigenvalue weighted by Crippen LogP contribution is 1.69. The lowest BCUT2D eigenvalue weighted by molar-refractivity contribution is -0.137. The molecule has 5 nitrogen and oxygen atoms in total. The van der Waals surface area contributed by atoms with Crippen LogP contribution in [0.1, 0.15) is 0 Å². The van der Waals surface area contributed by atoms with Crippen LogP contribution in [0.2, 0.25) is 0 Å². The summed E-state index contributed by atoms with van der Waals surface area (Å²) in [6.07, 6.45) is 0. The third-order valence-corrected chi connectivity index (χ3v) is 0.853. The minimum atomic E-state index is -1.09. The molecule has 0 unspecified atom stereocenters. The van der Waals surface area contributed by atoms with E-state index in [1.165, 1.54) is 0 Å². The van der Waals surface area contributed by atoms with Gasteiger partial charge in [-0.05, 0) is 12.2 Å². The molecule has 6 heteroatoms. The van der Waals surface area contributed by atoms with E-state index in [2.05, 4.69) is 22.5 Å². The van der Waals surface area contributed by atoms with Crippen LogP contribution < -0.4 is 5.32 Å². The highest BCUT2D eigenvalue weighted by molar-refractivity contribution is 7.78. The Morgan fingerprint density at radius 2 is 2.27 bits per heavy atom. The van der Waals surface area contributed by atoms with Crippen molar-refractivity contribution in [3.8, 4) is 0 Å². The minimum absolute atomic E-state index is 0.170. The predicted octanol–water partition coefficient (Wildman–Crippen LogP) is -0.710. The number of hydrogen-bond donors (Lipinski definition) is 2. The van der Waals surface area contributed by atoms with Gasteiger partial charge >= 0.3 is 5.97 Å². The zero-order chi connectivity index (χ0) is 8.69. The minimum Gasteiger partial charge on any atom is -0.480 e. The number of nitrogens with one attached hydrogen (secondary N) is 1. The smallest absolute Gasteiger partial charge is 0.322 e. The maximum absolute atomic E-state index is 10.6. The van der Waals surface area contributed by atoms with E-state index in [0.29, 0.717) is 0 Å². The van der Waals surface area contributed by atoms with Crippen LogP contribution in [-0.4, -0.2) is 35.2 Å². The molecule has 0 aromatic heterocycles. The molecule has 0 radical (unpaired) electrons. The highest BCUT2D eigenvalue weighted by atomic mass is 32.1. The van der Waals surface area contributed by atoms with Gasteiger partial charge in [0.15, 0.2) is 0 Å². The molecule has 0 aromatic rings. The number of nitrogens with zero attached hydrogens (tertiary/aromatic N) is 1. The first-order valence-corrected chi connectivity index (χ1v) is 3.09. The van der Waals surface area contributed by atoms with Gasteiger partial charge in [0.05, 0.1) is 5.16 Å². The quantitative estimate of drug-likeness (QED) is 0.436. The molecule has 2 N–H and O–H groups in total. The molecule has 0 spiro atoms. The second kappa shape index (κ2) is 5.52. The first-order valence-electron chi connectivity index (χ1n) is 2.69. The summed E-state index contributed by atoms with van der Waals surface area (Å²) in [6, 6.07) is 0. The molecule has 60 valence electrons. The van der Waals surface area contributed by atoms with Gasteiger partial charge in [0.25, 0.3) is 0 Å². The van der Waals surface area contributed by atoms with Gasteiger partial charge in [-0.1, -0.05) is 0 Å². The average molecular weight is 174 g/mol. The van der Waals surface area contributed by atoms with Gasteiger partial charge in [-0.15, -0.1) is 0 Å². The Labute approximate surface area is 68.1 Å². The number of carbonyl (C=O) groups is 2. The fourth-order valence-electron chi connectivity index (χ4n) is 0.334. The summed E-state index contributed by atoms with van der Waals surface area (Å²) in [5, 5.41) is 12.2. The van der Waals surface area contributed by atoms with Crippen molar-refractivity contribution >= 4 is 29.3 Å². The number of carbonyl (C=O) groups excluding carboxylic acids is 1. The van der Waals surface area contributed by atoms with E-state index in [1.54, 1.807) is 0 Å². The lowest BCUT2D eigenvalue weighted by Crippen LogP contribution is -2.30. The third-order valence-electron chi connectivity index (χ3n) is 0.724. The monoisotopic (exact) mass is 174 g/mol.